The Morgan fingerprint density at radius 2 is 1.77 bits per heavy atom. The van der Waals surface area contributed by atoms with Gasteiger partial charge in [0.2, 0.25) is 0 Å². The Bertz CT molecular complexity index is 396. The van der Waals surface area contributed by atoms with Gasteiger partial charge in [-0.05, 0) is 6.42 Å². The maximum atomic E-state index is 6.74. The number of rotatable bonds is 3. The quantitative estimate of drug-likeness (QED) is 0.583. The lowest BCUT2D eigenvalue weighted by Crippen LogP contribution is -2.65. The molecule has 0 spiro atoms. The Kier molecular flexibility index (Phi) is 4.96. The lowest BCUT2D eigenvalue weighted by Gasteiger charge is -2.53. The van der Waals surface area contributed by atoms with Crippen LogP contribution >= 0.6 is 0 Å². The van der Waals surface area contributed by atoms with Crippen molar-refractivity contribution in [3.05, 3.63) is 12.7 Å². The second-order valence-corrected chi connectivity index (χ2v) is 13.2. The van der Waals surface area contributed by atoms with Crippen LogP contribution in [0.25, 0.3) is 0 Å². The van der Waals surface area contributed by atoms with E-state index >= 15 is 0 Å². The van der Waals surface area contributed by atoms with Crippen molar-refractivity contribution in [1.82, 2.24) is 0 Å². The molecule has 2 heterocycles. The van der Waals surface area contributed by atoms with Crippen LogP contribution in [0.4, 0.5) is 0 Å². The minimum absolute atomic E-state index is 0.00540. The van der Waals surface area contributed by atoms with Gasteiger partial charge in [-0.1, -0.05) is 47.6 Å². The molecule has 128 valence electrons. The van der Waals surface area contributed by atoms with E-state index in [9.17, 15) is 0 Å². The highest BCUT2D eigenvalue weighted by Gasteiger charge is 2.64. The molecule has 22 heavy (non-hydrogen) atoms. The fourth-order valence-electron chi connectivity index (χ4n) is 4.06. The Labute approximate surface area is 136 Å². The van der Waals surface area contributed by atoms with E-state index in [0.717, 1.165) is 6.42 Å². The third kappa shape index (κ3) is 2.82. The smallest absolute Gasteiger partial charge is 0.349 e. The summed E-state index contributed by atoms with van der Waals surface area (Å²) >= 11 is 0. The van der Waals surface area contributed by atoms with Crippen molar-refractivity contribution >= 4 is 8.56 Å². The van der Waals surface area contributed by atoms with E-state index in [4.69, 9.17) is 18.3 Å². The number of methoxy groups -OCH3 is 1. The van der Waals surface area contributed by atoms with Gasteiger partial charge in [0.15, 0.2) is 0 Å². The zero-order valence-corrected chi connectivity index (χ0v) is 16.1. The number of hydrogen-bond donors (Lipinski definition) is 0. The van der Waals surface area contributed by atoms with Gasteiger partial charge in [0, 0.05) is 17.2 Å². The zero-order valence-electron chi connectivity index (χ0n) is 15.1. The van der Waals surface area contributed by atoms with Crippen LogP contribution in [0.5, 0.6) is 0 Å². The molecule has 5 heteroatoms. The van der Waals surface area contributed by atoms with Gasteiger partial charge in [-0.15, -0.1) is 6.58 Å². The summed E-state index contributed by atoms with van der Waals surface area (Å²) in [4.78, 5) is 0. The molecule has 2 fully saturated rings. The van der Waals surface area contributed by atoms with Crippen molar-refractivity contribution in [2.75, 3.05) is 13.7 Å². The third-order valence-electron chi connectivity index (χ3n) is 4.81. The van der Waals surface area contributed by atoms with Crippen LogP contribution in [-0.4, -0.2) is 46.7 Å². The molecule has 0 aromatic heterocycles. The minimum Gasteiger partial charge on any atom is -0.391 e. The zero-order chi connectivity index (χ0) is 16.8. The minimum atomic E-state index is -2.47. The molecule has 0 aromatic rings. The molecule has 0 aromatic carbocycles. The normalized spacial score (nSPS) is 35.2. The van der Waals surface area contributed by atoms with Crippen molar-refractivity contribution in [3.63, 3.8) is 0 Å². The first kappa shape index (κ1) is 18.1. The summed E-state index contributed by atoms with van der Waals surface area (Å²) in [5, 5.41) is -0.0456. The van der Waals surface area contributed by atoms with E-state index in [2.05, 4.69) is 48.1 Å². The first-order valence-electron chi connectivity index (χ1n) is 8.18. The fourth-order valence-corrected chi connectivity index (χ4v) is 9.02. The fraction of sp³-hybridized carbons (Fsp3) is 0.882. The highest BCUT2D eigenvalue weighted by atomic mass is 28.4. The molecule has 2 rings (SSSR count). The van der Waals surface area contributed by atoms with Gasteiger partial charge in [-0.2, -0.15) is 0 Å². The van der Waals surface area contributed by atoms with Crippen LogP contribution in [0.3, 0.4) is 0 Å². The molecule has 4 atom stereocenters. The van der Waals surface area contributed by atoms with Gasteiger partial charge >= 0.3 is 8.56 Å². The van der Waals surface area contributed by atoms with Crippen molar-refractivity contribution in [3.8, 4) is 0 Å². The molecule has 0 bridgehead atoms. The van der Waals surface area contributed by atoms with Crippen LogP contribution in [0.15, 0.2) is 12.7 Å². The lowest BCUT2D eigenvalue weighted by molar-refractivity contribution is -0.0739. The van der Waals surface area contributed by atoms with E-state index in [-0.39, 0.29) is 34.5 Å². The first-order valence-corrected chi connectivity index (χ1v) is 10.00. The number of fused-ring (bicyclic) bond motifs is 1. The van der Waals surface area contributed by atoms with E-state index < -0.39 is 8.56 Å². The molecule has 1 unspecified atom stereocenters. The summed E-state index contributed by atoms with van der Waals surface area (Å²) in [6, 6.07) is 0. The highest BCUT2D eigenvalue weighted by Crippen LogP contribution is 2.55. The Morgan fingerprint density at radius 3 is 2.23 bits per heavy atom. The highest BCUT2D eigenvalue weighted by molar-refractivity contribution is 6.73. The second-order valence-electron chi connectivity index (χ2n) is 8.45. The Balaban J connectivity index is 2.32. The van der Waals surface area contributed by atoms with E-state index in [1.165, 1.54) is 0 Å². The maximum Gasteiger partial charge on any atom is 0.349 e. The summed E-state index contributed by atoms with van der Waals surface area (Å²) < 4.78 is 25.0. The van der Waals surface area contributed by atoms with Crippen LogP contribution in [-0.2, 0) is 18.3 Å². The number of ether oxygens (including phenoxy) is 2. The molecular formula is C17H32O4Si. The van der Waals surface area contributed by atoms with Crippen molar-refractivity contribution < 1.29 is 18.3 Å². The molecule has 2 aliphatic heterocycles. The molecule has 0 N–H and O–H groups in total. The van der Waals surface area contributed by atoms with Gasteiger partial charge < -0.3 is 18.3 Å². The Hall–Kier alpha value is -0.203. The average Bonchev–Trinajstić information content (AvgIpc) is 2.72. The first-order chi connectivity index (χ1) is 10.1. The van der Waals surface area contributed by atoms with Gasteiger partial charge in [0.1, 0.15) is 18.3 Å². The van der Waals surface area contributed by atoms with E-state index in [1.54, 1.807) is 7.11 Å². The van der Waals surface area contributed by atoms with E-state index in [0.29, 0.717) is 6.61 Å². The molecule has 4 nitrogen and oxygen atoms in total. The monoisotopic (exact) mass is 328 g/mol. The van der Waals surface area contributed by atoms with E-state index in [1.807, 2.05) is 6.08 Å². The molecule has 0 aliphatic carbocycles. The maximum absolute atomic E-state index is 6.74. The predicted octanol–water partition coefficient (Wildman–Crippen LogP) is 3.80. The topological polar surface area (TPSA) is 36.9 Å². The summed E-state index contributed by atoms with van der Waals surface area (Å²) in [5.74, 6) is 0. The lowest BCUT2D eigenvalue weighted by atomic mass is 10.1. The Morgan fingerprint density at radius 1 is 1.18 bits per heavy atom. The van der Waals surface area contributed by atoms with Crippen LogP contribution < -0.4 is 0 Å². The van der Waals surface area contributed by atoms with Crippen LogP contribution in [0, 0.1) is 0 Å². The van der Waals surface area contributed by atoms with Crippen molar-refractivity contribution in [2.45, 2.75) is 82.5 Å². The molecule has 0 radical (unpaired) electrons. The number of hydrogen-bond acceptors (Lipinski definition) is 4. The third-order valence-corrected chi connectivity index (χ3v) is 9.93. The largest absolute Gasteiger partial charge is 0.391 e. The molecule has 2 aliphatic rings. The van der Waals surface area contributed by atoms with Crippen molar-refractivity contribution in [2.24, 2.45) is 0 Å². The summed E-state index contributed by atoms with van der Waals surface area (Å²) in [6.45, 7) is 17.8. The molecule has 0 saturated carbocycles. The SMILES string of the molecule is C=CC[C@@H]1O[C@@H]2CO[Si](C(C)(C)C)(C(C)(C)C)O[C@H]2C1OC. The van der Waals surface area contributed by atoms with Crippen molar-refractivity contribution in [1.29, 1.82) is 0 Å². The van der Waals surface area contributed by atoms with Crippen LogP contribution in [0.2, 0.25) is 10.1 Å². The summed E-state index contributed by atoms with van der Waals surface area (Å²) in [6.07, 6.45) is 2.52. The summed E-state index contributed by atoms with van der Waals surface area (Å²) in [7, 11) is -0.729. The van der Waals surface area contributed by atoms with Crippen LogP contribution in [0.1, 0.15) is 48.0 Å². The van der Waals surface area contributed by atoms with Gasteiger partial charge in [-0.25, -0.2) is 0 Å². The molecule has 2 saturated heterocycles. The van der Waals surface area contributed by atoms with Gasteiger partial charge in [0.05, 0.1) is 12.7 Å². The standard InChI is InChI=1S/C17H32O4Si/c1-9-10-12-14(18-8)15-13(20-12)11-19-22(21-15,16(2,3)4)17(5,6)7/h9,12-15H,1,10-11H2,2-8H3/t12-,13+,14?,15+/m0/s1. The van der Waals surface area contributed by atoms with Gasteiger partial charge in [0.25, 0.3) is 0 Å². The molecule has 0 amide bonds. The molecular weight excluding hydrogens is 296 g/mol. The predicted molar refractivity (Wildman–Crippen MR) is 90.3 cm³/mol. The van der Waals surface area contributed by atoms with Gasteiger partial charge in [-0.3, -0.25) is 0 Å². The average molecular weight is 329 g/mol. The second kappa shape index (κ2) is 6.02. The summed E-state index contributed by atoms with van der Waals surface area (Å²) in [5.41, 5.74) is 0.